The zero-order valence-corrected chi connectivity index (χ0v) is 11.4. The smallest absolute Gasteiger partial charge is 0.0389 e. The van der Waals surface area contributed by atoms with Gasteiger partial charge in [0.05, 0.1) is 0 Å². The first kappa shape index (κ1) is 12.3. The van der Waals surface area contributed by atoms with E-state index in [-0.39, 0.29) is 0 Å². The van der Waals surface area contributed by atoms with Gasteiger partial charge in [0.2, 0.25) is 0 Å². The molecule has 1 saturated heterocycles. The van der Waals surface area contributed by atoms with E-state index in [1.807, 2.05) is 0 Å². The molecule has 1 aliphatic heterocycles. The zero-order chi connectivity index (χ0) is 12.6. The zero-order valence-electron chi connectivity index (χ0n) is 11.4. The third-order valence-corrected chi connectivity index (χ3v) is 4.19. The first-order valence-corrected chi connectivity index (χ1v) is 6.61. The Morgan fingerprint density at radius 1 is 1.24 bits per heavy atom. The van der Waals surface area contributed by atoms with Crippen molar-refractivity contribution >= 4 is 11.4 Å². The predicted octanol–water partition coefficient (Wildman–Crippen LogP) is 3.45. The summed E-state index contributed by atoms with van der Waals surface area (Å²) in [6.45, 7) is 10.2. The number of nitrogens with zero attached hydrogens (tertiary/aromatic N) is 1. The van der Waals surface area contributed by atoms with Gasteiger partial charge in [-0.25, -0.2) is 0 Å². The fourth-order valence-corrected chi connectivity index (χ4v) is 2.86. The van der Waals surface area contributed by atoms with Crippen LogP contribution in [0.2, 0.25) is 0 Å². The molecule has 0 aromatic heterocycles. The van der Waals surface area contributed by atoms with Crippen molar-refractivity contribution in [2.24, 2.45) is 11.8 Å². The third-order valence-electron chi connectivity index (χ3n) is 4.19. The average Bonchev–Trinajstić information content (AvgIpc) is 2.27. The summed E-state index contributed by atoms with van der Waals surface area (Å²) in [5.74, 6) is 1.52. The van der Waals surface area contributed by atoms with E-state index >= 15 is 0 Å². The number of benzene rings is 1. The van der Waals surface area contributed by atoms with E-state index < -0.39 is 0 Å². The van der Waals surface area contributed by atoms with Gasteiger partial charge in [0, 0.05) is 24.0 Å². The molecule has 2 N–H and O–H groups in total. The van der Waals surface area contributed by atoms with Crippen LogP contribution in [0.4, 0.5) is 11.4 Å². The van der Waals surface area contributed by atoms with Crippen LogP contribution in [-0.4, -0.2) is 12.6 Å². The van der Waals surface area contributed by atoms with Crippen LogP contribution in [0.15, 0.2) is 18.2 Å². The number of rotatable bonds is 1. The highest BCUT2D eigenvalue weighted by Gasteiger charge is 2.28. The van der Waals surface area contributed by atoms with Crippen molar-refractivity contribution in [2.75, 3.05) is 17.2 Å². The van der Waals surface area contributed by atoms with Crippen LogP contribution in [0.3, 0.4) is 0 Å². The van der Waals surface area contributed by atoms with Crippen LogP contribution in [0, 0.1) is 18.8 Å². The molecule has 0 aliphatic carbocycles. The number of aryl methyl sites for hydroxylation is 1. The van der Waals surface area contributed by atoms with Gasteiger partial charge < -0.3 is 10.6 Å². The van der Waals surface area contributed by atoms with Gasteiger partial charge in [-0.2, -0.15) is 0 Å². The first-order chi connectivity index (χ1) is 7.99. The van der Waals surface area contributed by atoms with Crippen LogP contribution in [0.5, 0.6) is 0 Å². The number of piperidine rings is 1. The Kier molecular flexibility index (Phi) is 3.32. The van der Waals surface area contributed by atoms with E-state index in [0.717, 1.165) is 24.1 Å². The Morgan fingerprint density at radius 3 is 2.59 bits per heavy atom. The maximum absolute atomic E-state index is 6.02. The summed E-state index contributed by atoms with van der Waals surface area (Å²) in [5, 5.41) is 0. The monoisotopic (exact) mass is 232 g/mol. The van der Waals surface area contributed by atoms with Crippen molar-refractivity contribution in [3.63, 3.8) is 0 Å². The van der Waals surface area contributed by atoms with Crippen LogP contribution < -0.4 is 10.6 Å². The average molecular weight is 232 g/mol. The Balaban J connectivity index is 2.28. The summed E-state index contributed by atoms with van der Waals surface area (Å²) in [5.41, 5.74) is 9.36. The van der Waals surface area contributed by atoms with Crippen molar-refractivity contribution in [3.8, 4) is 0 Å². The van der Waals surface area contributed by atoms with Crippen molar-refractivity contribution in [1.29, 1.82) is 0 Å². The van der Waals surface area contributed by atoms with Crippen LogP contribution in [0.25, 0.3) is 0 Å². The molecule has 1 heterocycles. The lowest BCUT2D eigenvalue weighted by atomic mass is 9.85. The number of anilines is 2. The summed E-state index contributed by atoms with van der Waals surface area (Å²) in [6.07, 6.45) is 1.33. The molecule has 1 aromatic carbocycles. The Bertz CT molecular complexity index is 400. The molecule has 0 amide bonds. The van der Waals surface area contributed by atoms with Gasteiger partial charge in [0.15, 0.2) is 0 Å². The minimum absolute atomic E-state index is 0.605. The highest BCUT2D eigenvalue weighted by Crippen LogP contribution is 2.32. The van der Waals surface area contributed by atoms with Crippen LogP contribution >= 0.6 is 0 Å². The second-order valence-corrected chi connectivity index (χ2v) is 5.75. The number of hydrogen-bond acceptors (Lipinski definition) is 2. The van der Waals surface area contributed by atoms with Gasteiger partial charge in [-0.3, -0.25) is 0 Å². The van der Waals surface area contributed by atoms with Gasteiger partial charge in [-0.15, -0.1) is 0 Å². The maximum Gasteiger partial charge on any atom is 0.0389 e. The standard InChI is InChI=1S/C15H24N2/c1-10-7-12(3)13(4)17(9-10)14-6-5-11(2)15(16)8-14/h5-6,8,10,12-13H,7,9,16H2,1-4H3. The molecular formula is C15H24N2. The van der Waals surface area contributed by atoms with Gasteiger partial charge in [-0.1, -0.05) is 19.9 Å². The highest BCUT2D eigenvalue weighted by molar-refractivity contribution is 5.60. The molecule has 2 rings (SSSR count). The molecule has 1 aromatic rings. The third kappa shape index (κ3) is 2.41. The summed E-state index contributed by atoms with van der Waals surface area (Å²) >= 11 is 0. The van der Waals surface area contributed by atoms with E-state index in [2.05, 4.69) is 50.8 Å². The number of hydrogen-bond donors (Lipinski definition) is 1. The van der Waals surface area contributed by atoms with E-state index in [4.69, 9.17) is 5.73 Å². The molecule has 17 heavy (non-hydrogen) atoms. The molecule has 0 bridgehead atoms. The molecule has 1 aliphatic rings. The van der Waals surface area contributed by atoms with Gasteiger partial charge in [0.25, 0.3) is 0 Å². The Labute approximate surface area is 105 Å². The Morgan fingerprint density at radius 2 is 1.94 bits per heavy atom. The largest absolute Gasteiger partial charge is 0.398 e. The van der Waals surface area contributed by atoms with E-state index in [0.29, 0.717) is 6.04 Å². The molecule has 2 nitrogen and oxygen atoms in total. The topological polar surface area (TPSA) is 29.3 Å². The molecule has 2 heteroatoms. The molecule has 94 valence electrons. The van der Waals surface area contributed by atoms with Gasteiger partial charge in [0.1, 0.15) is 0 Å². The molecule has 3 atom stereocenters. The normalized spacial score (nSPS) is 29.4. The lowest BCUT2D eigenvalue weighted by Gasteiger charge is -2.42. The minimum atomic E-state index is 0.605. The summed E-state index contributed by atoms with van der Waals surface area (Å²) in [4.78, 5) is 2.51. The Hall–Kier alpha value is -1.18. The van der Waals surface area contributed by atoms with E-state index in [1.165, 1.54) is 17.7 Å². The molecule has 3 unspecified atom stereocenters. The molecule has 0 spiro atoms. The van der Waals surface area contributed by atoms with E-state index in [1.54, 1.807) is 0 Å². The number of nitrogen functional groups attached to an aromatic ring is 1. The van der Waals surface area contributed by atoms with Crippen LogP contribution in [-0.2, 0) is 0 Å². The SMILES string of the molecule is Cc1ccc(N2CC(C)CC(C)C2C)cc1N. The van der Waals surface area contributed by atoms with E-state index in [9.17, 15) is 0 Å². The van der Waals surface area contributed by atoms with Crippen molar-refractivity contribution < 1.29 is 0 Å². The maximum atomic E-state index is 6.02. The highest BCUT2D eigenvalue weighted by atomic mass is 15.2. The second kappa shape index (κ2) is 4.59. The van der Waals surface area contributed by atoms with Gasteiger partial charge in [-0.05, 0) is 49.8 Å². The predicted molar refractivity (Wildman–Crippen MR) is 75.3 cm³/mol. The van der Waals surface area contributed by atoms with Crippen molar-refractivity contribution in [1.82, 2.24) is 0 Å². The first-order valence-electron chi connectivity index (χ1n) is 6.61. The van der Waals surface area contributed by atoms with Crippen molar-refractivity contribution in [2.45, 2.75) is 40.2 Å². The molecule has 0 radical (unpaired) electrons. The summed E-state index contributed by atoms with van der Waals surface area (Å²) in [6, 6.07) is 7.05. The summed E-state index contributed by atoms with van der Waals surface area (Å²) < 4.78 is 0. The lowest BCUT2D eigenvalue weighted by molar-refractivity contribution is 0.297. The van der Waals surface area contributed by atoms with Crippen LogP contribution in [0.1, 0.15) is 32.8 Å². The molecule has 0 saturated carbocycles. The van der Waals surface area contributed by atoms with Gasteiger partial charge >= 0.3 is 0 Å². The number of nitrogens with two attached hydrogens (primary N) is 1. The quantitative estimate of drug-likeness (QED) is 0.751. The molecule has 1 fully saturated rings. The molecular weight excluding hydrogens is 208 g/mol. The second-order valence-electron chi connectivity index (χ2n) is 5.75. The lowest BCUT2D eigenvalue weighted by Crippen LogP contribution is -2.45. The minimum Gasteiger partial charge on any atom is -0.398 e. The summed E-state index contributed by atoms with van der Waals surface area (Å²) in [7, 11) is 0. The van der Waals surface area contributed by atoms with Crippen molar-refractivity contribution in [3.05, 3.63) is 23.8 Å². The fraction of sp³-hybridized carbons (Fsp3) is 0.600. The fourth-order valence-electron chi connectivity index (χ4n) is 2.86.